The van der Waals surface area contributed by atoms with E-state index in [2.05, 4.69) is 21.2 Å². The van der Waals surface area contributed by atoms with Crippen molar-refractivity contribution in [3.8, 4) is 0 Å². The number of amides is 3. The predicted molar refractivity (Wildman–Crippen MR) is 83.6 cm³/mol. The highest BCUT2D eigenvalue weighted by atomic mass is 35.5. The standard InChI is InChI=1S/C15H12ClFN4O3/c16-12-5-4-10(7-18-12)15(24)21-20-13(22)8-19-14(23)9-2-1-3-11(17)6-9/h1-7H,8H2,(H,19,23)(H,20,22)(H,21,24). The first-order chi connectivity index (χ1) is 11.5. The molecule has 1 heterocycles. The van der Waals surface area contributed by atoms with Gasteiger partial charge in [0.1, 0.15) is 11.0 Å². The summed E-state index contributed by atoms with van der Waals surface area (Å²) in [6, 6.07) is 7.89. The molecule has 0 radical (unpaired) electrons. The molecule has 3 N–H and O–H groups in total. The third-order valence-corrected chi connectivity index (χ3v) is 3.02. The van der Waals surface area contributed by atoms with Crippen LogP contribution in [0.4, 0.5) is 4.39 Å². The average Bonchev–Trinajstić information content (AvgIpc) is 2.58. The van der Waals surface area contributed by atoms with Crippen molar-refractivity contribution in [3.05, 3.63) is 64.7 Å². The number of hydrazine groups is 1. The molecular weight excluding hydrogens is 339 g/mol. The highest BCUT2D eigenvalue weighted by molar-refractivity contribution is 6.29. The van der Waals surface area contributed by atoms with Crippen LogP contribution in [-0.4, -0.2) is 29.3 Å². The van der Waals surface area contributed by atoms with Crippen LogP contribution in [0.25, 0.3) is 0 Å². The van der Waals surface area contributed by atoms with E-state index >= 15 is 0 Å². The molecule has 0 aliphatic rings. The maximum absolute atomic E-state index is 13.0. The lowest BCUT2D eigenvalue weighted by Crippen LogP contribution is -2.46. The zero-order valence-electron chi connectivity index (χ0n) is 12.2. The van der Waals surface area contributed by atoms with Gasteiger partial charge < -0.3 is 5.32 Å². The van der Waals surface area contributed by atoms with Crippen molar-refractivity contribution in [2.24, 2.45) is 0 Å². The Labute approximate surface area is 141 Å². The minimum atomic E-state index is -0.657. The Balaban J connectivity index is 1.78. The minimum absolute atomic E-state index is 0.0825. The number of carbonyl (C=O) groups excluding carboxylic acids is 3. The Kier molecular flexibility index (Phi) is 5.80. The van der Waals surface area contributed by atoms with Gasteiger partial charge in [0.15, 0.2) is 0 Å². The summed E-state index contributed by atoms with van der Waals surface area (Å²) in [5.41, 5.74) is 4.56. The summed E-state index contributed by atoms with van der Waals surface area (Å²) in [6.07, 6.45) is 1.25. The Morgan fingerprint density at radius 3 is 2.50 bits per heavy atom. The quantitative estimate of drug-likeness (QED) is 0.567. The second-order valence-electron chi connectivity index (χ2n) is 4.56. The molecule has 0 saturated carbocycles. The number of hydrogen-bond donors (Lipinski definition) is 3. The lowest BCUT2D eigenvalue weighted by Gasteiger charge is -2.08. The Bertz CT molecular complexity index is 768. The molecule has 2 aromatic rings. The molecule has 1 aromatic heterocycles. The van der Waals surface area contributed by atoms with E-state index < -0.39 is 30.1 Å². The fourth-order valence-electron chi connectivity index (χ4n) is 1.65. The van der Waals surface area contributed by atoms with Crippen LogP contribution in [0.3, 0.4) is 0 Å². The molecule has 0 aliphatic carbocycles. The van der Waals surface area contributed by atoms with Gasteiger partial charge in [-0.15, -0.1) is 0 Å². The van der Waals surface area contributed by atoms with E-state index in [1.807, 2.05) is 0 Å². The molecule has 0 fully saturated rings. The van der Waals surface area contributed by atoms with Gasteiger partial charge in [-0.25, -0.2) is 9.37 Å². The number of rotatable bonds is 4. The maximum atomic E-state index is 13.0. The van der Waals surface area contributed by atoms with E-state index in [-0.39, 0.29) is 16.3 Å². The van der Waals surface area contributed by atoms with Gasteiger partial charge in [-0.3, -0.25) is 25.2 Å². The van der Waals surface area contributed by atoms with Crippen LogP contribution >= 0.6 is 11.6 Å². The third kappa shape index (κ3) is 5.03. The van der Waals surface area contributed by atoms with E-state index in [1.54, 1.807) is 0 Å². The summed E-state index contributed by atoms with van der Waals surface area (Å²) < 4.78 is 13.0. The zero-order chi connectivity index (χ0) is 17.5. The summed E-state index contributed by atoms with van der Waals surface area (Å²) in [7, 11) is 0. The molecule has 0 unspecified atom stereocenters. The van der Waals surface area contributed by atoms with Crippen LogP contribution < -0.4 is 16.2 Å². The first-order valence-electron chi connectivity index (χ1n) is 6.70. The molecule has 0 atom stereocenters. The molecule has 0 saturated heterocycles. The molecular formula is C15H12ClFN4O3. The van der Waals surface area contributed by atoms with E-state index in [0.717, 1.165) is 6.07 Å². The fraction of sp³-hybridized carbons (Fsp3) is 0.0667. The minimum Gasteiger partial charge on any atom is -0.343 e. The van der Waals surface area contributed by atoms with Crippen molar-refractivity contribution in [1.82, 2.24) is 21.2 Å². The van der Waals surface area contributed by atoms with E-state index in [0.29, 0.717) is 0 Å². The van der Waals surface area contributed by atoms with Gasteiger partial charge in [0.25, 0.3) is 17.7 Å². The summed E-state index contributed by atoms with van der Waals surface area (Å²) in [5, 5.41) is 2.53. The molecule has 0 aliphatic heterocycles. The van der Waals surface area contributed by atoms with Gasteiger partial charge in [-0.1, -0.05) is 17.7 Å². The van der Waals surface area contributed by atoms with Crippen molar-refractivity contribution in [2.45, 2.75) is 0 Å². The number of hydrogen-bond acceptors (Lipinski definition) is 4. The Morgan fingerprint density at radius 2 is 1.83 bits per heavy atom. The number of nitrogens with zero attached hydrogens (tertiary/aromatic N) is 1. The number of carbonyl (C=O) groups is 3. The summed E-state index contributed by atoms with van der Waals surface area (Å²) in [5.74, 6) is -2.42. The molecule has 1 aromatic carbocycles. The van der Waals surface area contributed by atoms with Gasteiger partial charge in [-0.05, 0) is 30.3 Å². The maximum Gasteiger partial charge on any atom is 0.271 e. The van der Waals surface area contributed by atoms with Crippen molar-refractivity contribution in [1.29, 1.82) is 0 Å². The first-order valence-corrected chi connectivity index (χ1v) is 7.08. The topological polar surface area (TPSA) is 100 Å². The fourth-order valence-corrected chi connectivity index (χ4v) is 1.76. The van der Waals surface area contributed by atoms with E-state index in [9.17, 15) is 18.8 Å². The van der Waals surface area contributed by atoms with Gasteiger partial charge in [-0.2, -0.15) is 0 Å². The molecule has 124 valence electrons. The number of pyridine rings is 1. The van der Waals surface area contributed by atoms with E-state index in [4.69, 9.17) is 11.6 Å². The number of aromatic nitrogens is 1. The smallest absolute Gasteiger partial charge is 0.271 e. The third-order valence-electron chi connectivity index (χ3n) is 2.80. The number of benzene rings is 1. The Morgan fingerprint density at radius 1 is 1.04 bits per heavy atom. The molecule has 0 bridgehead atoms. The van der Waals surface area contributed by atoms with Gasteiger partial charge in [0.05, 0.1) is 12.1 Å². The van der Waals surface area contributed by atoms with Crippen LogP contribution in [0.2, 0.25) is 5.15 Å². The SMILES string of the molecule is O=C(CNC(=O)c1cccc(F)c1)NNC(=O)c1ccc(Cl)nc1. The van der Waals surface area contributed by atoms with Gasteiger partial charge >= 0.3 is 0 Å². The molecule has 9 heteroatoms. The van der Waals surface area contributed by atoms with Crippen LogP contribution in [0.1, 0.15) is 20.7 Å². The van der Waals surface area contributed by atoms with Crippen molar-refractivity contribution in [2.75, 3.05) is 6.54 Å². The molecule has 0 spiro atoms. The van der Waals surface area contributed by atoms with E-state index in [1.165, 1.54) is 36.5 Å². The highest BCUT2D eigenvalue weighted by Gasteiger charge is 2.10. The molecule has 24 heavy (non-hydrogen) atoms. The number of halogens is 2. The van der Waals surface area contributed by atoms with Crippen LogP contribution in [0.5, 0.6) is 0 Å². The number of nitrogens with one attached hydrogen (secondary N) is 3. The second-order valence-corrected chi connectivity index (χ2v) is 4.95. The lowest BCUT2D eigenvalue weighted by atomic mass is 10.2. The Hall–Kier alpha value is -3.00. The van der Waals surface area contributed by atoms with Crippen molar-refractivity contribution in [3.63, 3.8) is 0 Å². The van der Waals surface area contributed by atoms with Gasteiger partial charge in [0, 0.05) is 11.8 Å². The van der Waals surface area contributed by atoms with Gasteiger partial charge in [0.2, 0.25) is 0 Å². The predicted octanol–water partition coefficient (Wildman–Crippen LogP) is 1.07. The first kappa shape index (κ1) is 17.4. The molecule has 7 nitrogen and oxygen atoms in total. The normalized spacial score (nSPS) is 9.92. The largest absolute Gasteiger partial charge is 0.343 e. The van der Waals surface area contributed by atoms with Crippen molar-refractivity contribution < 1.29 is 18.8 Å². The monoisotopic (exact) mass is 350 g/mol. The van der Waals surface area contributed by atoms with Crippen molar-refractivity contribution >= 4 is 29.3 Å². The summed E-state index contributed by atoms with van der Waals surface area (Å²) >= 11 is 5.60. The zero-order valence-corrected chi connectivity index (χ0v) is 12.9. The van der Waals surface area contributed by atoms with Crippen LogP contribution in [0.15, 0.2) is 42.6 Å². The van der Waals surface area contributed by atoms with Crippen LogP contribution in [0, 0.1) is 5.82 Å². The summed E-state index contributed by atoms with van der Waals surface area (Å²) in [4.78, 5) is 38.8. The molecule has 3 amide bonds. The average molecular weight is 351 g/mol. The lowest BCUT2D eigenvalue weighted by molar-refractivity contribution is -0.120. The summed E-state index contributed by atoms with van der Waals surface area (Å²) in [6.45, 7) is -0.394. The second kappa shape index (κ2) is 8.02. The highest BCUT2D eigenvalue weighted by Crippen LogP contribution is 2.04. The molecule has 2 rings (SSSR count). The van der Waals surface area contributed by atoms with Crippen LogP contribution in [-0.2, 0) is 4.79 Å².